The van der Waals surface area contributed by atoms with Crippen LogP contribution in [0.2, 0.25) is 0 Å². The molecule has 1 fully saturated rings. The van der Waals surface area contributed by atoms with Crippen molar-refractivity contribution in [1.29, 1.82) is 0 Å². The molecular weight excluding hydrogens is 278 g/mol. The van der Waals surface area contributed by atoms with Gasteiger partial charge in [-0.1, -0.05) is 12.8 Å². The monoisotopic (exact) mass is 299 g/mol. The molecule has 5 N–H and O–H groups in total. The highest BCUT2D eigenvalue weighted by Gasteiger charge is 2.29. The molecule has 1 aliphatic rings. The van der Waals surface area contributed by atoms with E-state index in [0.717, 1.165) is 25.7 Å². The predicted octanol–water partition coefficient (Wildman–Crippen LogP) is 0.656. The van der Waals surface area contributed by atoms with Crippen molar-refractivity contribution in [3.63, 3.8) is 0 Å². The lowest BCUT2D eigenvalue weighted by Crippen LogP contribution is -2.44. The van der Waals surface area contributed by atoms with Crippen molar-refractivity contribution in [3.05, 3.63) is 18.2 Å². The van der Waals surface area contributed by atoms with Crippen LogP contribution in [-0.4, -0.2) is 32.7 Å². The van der Waals surface area contributed by atoms with Crippen LogP contribution >= 0.6 is 0 Å². The number of aliphatic hydroxyl groups is 1. The molecule has 1 aromatic carbocycles. The first kappa shape index (κ1) is 15.1. The van der Waals surface area contributed by atoms with Gasteiger partial charge in [-0.15, -0.1) is 0 Å². The topological polar surface area (TPSA) is 110 Å². The van der Waals surface area contributed by atoms with E-state index >= 15 is 0 Å². The van der Waals surface area contributed by atoms with E-state index in [2.05, 4.69) is 0 Å². The fourth-order valence-corrected chi connectivity index (χ4v) is 3.58. The average Bonchev–Trinajstić information content (AvgIpc) is 2.37. The molecule has 0 heterocycles. The predicted molar refractivity (Wildman–Crippen MR) is 78.9 cm³/mol. The van der Waals surface area contributed by atoms with Crippen molar-refractivity contribution in [2.75, 3.05) is 17.7 Å². The Morgan fingerprint density at radius 3 is 2.55 bits per heavy atom. The molecule has 0 radical (unpaired) electrons. The number of sulfonamides is 1. The minimum atomic E-state index is -3.86. The van der Waals surface area contributed by atoms with Gasteiger partial charge in [0.1, 0.15) is 4.90 Å². The van der Waals surface area contributed by atoms with E-state index in [0.29, 0.717) is 11.4 Å². The number of hydrogen-bond acceptors (Lipinski definition) is 5. The molecule has 2 rings (SSSR count). The maximum Gasteiger partial charge on any atom is 0.240 e. The fraction of sp³-hybridized carbons (Fsp3) is 0.538. The van der Waals surface area contributed by atoms with Crippen molar-refractivity contribution in [3.8, 4) is 0 Å². The van der Waals surface area contributed by atoms with Crippen LogP contribution in [0.25, 0.3) is 0 Å². The zero-order valence-electron chi connectivity index (χ0n) is 11.5. The number of nitrogens with two attached hydrogens (primary N) is 2. The van der Waals surface area contributed by atoms with Crippen LogP contribution in [0.3, 0.4) is 0 Å². The normalized spacial score (nSPS) is 23.6. The Bertz CT molecular complexity index is 589. The third-order valence-corrected chi connectivity index (χ3v) is 4.80. The van der Waals surface area contributed by atoms with Crippen molar-refractivity contribution >= 4 is 21.4 Å². The van der Waals surface area contributed by atoms with E-state index < -0.39 is 16.1 Å². The number of nitrogen functional groups attached to an aromatic ring is 1. The van der Waals surface area contributed by atoms with Crippen LogP contribution in [0.1, 0.15) is 25.7 Å². The standard InChI is InChI=1S/C13H21N3O3S/c1-16(10-4-2-3-5-12(10)17)11-7-6-9(14)8-13(11)20(15,18)19/h6-8,10,12,17H,2-5,14H2,1H3,(H2,15,18,19). The summed E-state index contributed by atoms with van der Waals surface area (Å²) in [6, 6.07) is 4.52. The molecule has 20 heavy (non-hydrogen) atoms. The summed E-state index contributed by atoms with van der Waals surface area (Å²) < 4.78 is 23.4. The molecule has 2 atom stereocenters. The van der Waals surface area contributed by atoms with E-state index in [-0.39, 0.29) is 10.9 Å². The van der Waals surface area contributed by atoms with Gasteiger partial charge >= 0.3 is 0 Å². The molecule has 1 saturated carbocycles. The Kier molecular flexibility index (Phi) is 4.22. The van der Waals surface area contributed by atoms with Crippen LogP contribution in [0.15, 0.2) is 23.1 Å². The number of likely N-dealkylation sites (N-methyl/N-ethyl adjacent to an activating group) is 1. The van der Waals surface area contributed by atoms with Gasteiger partial charge in [-0.05, 0) is 31.0 Å². The van der Waals surface area contributed by atoms with Gasteiger partial charge in [-0.3, -0.25) is 0 Å². The van der Waals surface area contributed by atoms with E-state index in [1.54, 1.807) is 24.1 Å². The largest absolute Gasteiger partial charge is 0.399 e. The molecular formula is C13H21N3O3S. The second-order valence-electron chi connectivity index (χ2n) is 5.30. The Morgan fingerprint density at radius 1 is 1.30 bits per heavy atom. The molecule has 1 aliphatic carbocycles. The van der Waals surface area contributed by atoms with Crippen LogP contribution in [0.5, 0.6) is 0 Å². The lowest BCUT2D eigenvalue weighted by Gasteiger charge is -2.37. The number of benzene rings is 1. The van der Waals surface area contributed by atoms with E-state index in [1.165, 1.54) is 6.07 Å². The summed E-state index contributed by atoms with van der Waals surface area (Å²) in [5, 5.41) is 15.4. The molecule has 0 bridgehead atoms. The summed E-state index contributed by atoms with van der Waals surface area (Å²) in [4.78, 5) is 1.79. The Labute approximate surface area is 119 Å². The van der Waals surface area contributed by atoms with Gasteiger partial charge in [0, 0.05) is 12.7 Å². The van der Waals surface area contributed by atoms with E-state index in [1.807, 2.05) is 0 Å². The highest BCUT2D eigenvalue weighted by molar-refractivity contribution is 7.89. The summed E-state index contributed by atoms with van der Waals surface area (Å²) >= 11 is 0. The van der Waals surface area contributed by atoms with Gasteiger partial charge in [0.15, 0.2) is 0 Å². The number of hydrogen-bond donors (Lipinski definition) is 3. The highest BCUT2D eigenvalue weighted by Crippen LogP contribution is 2.31. The van der Waals surface area contributed by atoms with Crippen molar-refractivity contribution in [1.82, 2.24) is 0 Å². The lowest BCUT2D eigenvalue weighted by atomic mass is 9.91. The highest BCUT2D eigenvalue weighted by atomic mass is 32.2. The molecule has 7 heteroatoms. The summed E-state index contributed by atoms with van der Waals surface area (Å²) in [6.07, 6.45) is 3.11. The Balaban J connectivity index is 2.41. The molecule has 6 nitrogen and oxygen atoms in total. The smallest absolute Gasteiger partial charge is 0.240 e. The average molecular weight is 299 g/mol. The number of primary sulfonamides is 1. The van der Waals surface area contributed by atoms with Gasteiger partial charge in [0.05, 0.1) is 17.8 Å². The van der Waals surface area contributed by atoms with Crippen LogP contribution in [-0.2, 0) is 10.0 Å². The maximum absolute atomic E-state index is 11.7. The van der Waals surface area contributed by atoms with E-state index in [4.69, 9.17) is 10.9 Å². The molecule has 0 aliphatic heterocycles. The van der Waals surface area contributed by atoms with Crippen molar-refractivity contribution in [2.24, 2.45) is 5.14 Å². The molecule has 0 spiro atoms. The second-order valence-corrected chi connectivity index (χ2v) is 6.83. The van der Waals surface area contributed by atoms with Crippen molar-refractivity contribution < 1.29 is 13.5 Å². The third-order valence-electron chi connectivity index (χ3n) is 3.86. The van der Waals surface area contributed by atoms with Crippen LogP contribution in [0.4, 0.5) is 11.4 Å². The zero-order chi connectivity index (χ0) is 14.9. The summed E-state index contributed by atoms with van der Waals surface area (Å²) in [5.74, 6) is 0. The zero-order valence-corrected chi connectivity index (χ0v) is 12.3. The second kappa shape index (κ2) is 5.59. The van der Waals surface area contributed by atoms with Gasteiger partial charge in [-0.2, -0.15) is 0 Å². The first-order chi connectivity index (χ1) is 9.30. The number of anilines is 2. The number of nitrogens with zero attached hydrogens (tertiary/aromatic N) is 1. The molecule has 1 aromatic rings. The van der Waals surface area contributed by atoms with Gasteiger partial charge in [0.2, 0.25) is 10.0 Å². The summed E-state index contributed by atoms with van der Waals surface area (Å²) in [6.45, 7) is 0. The van der Waals surface area contributed by atoms with Crippen LogP contribution < -0.4 is 15.8 Å². The first-order valence-corrected chi connectivity index (χ1v) is 8.18. The lowest BCUT2D eigenvalue weighted by molar-refractivity contribution is 0.106. The molecule has 112 valence electrons. The minimum absolute atomic E-state index is 0.00206. The van der Waals surface area contributed by atoms with Gasteiger partial charge < -0.3 is 15.7 Å². The minimum Gasteiger partial charge on any atom is -0.399 e. The number of rotatable bonds is 3. The molecule has 0 amide bonds. The van der Waals surface area contributed by atoms with E-state index in [9.17, 15) is 13.5 Å². The first-order valence-electron chi connectivity index (χ1n) is 6.64. The third kappa shape index (κ3) is 3.05. The molecule has 0 saturated heterocycles. The fourth-order valence-electron chi connectivity index (χ4n) is 2.77. The summed E-state index contributed by atoms with van der Waals surface area (Å²) in [5.41, 5.74) is 6.46. The van der Waals surface area contributed by atoms with Gasteiger partial charge in [0.25, 0.3) is 0 Å². The molecule has 2 unspecified atom stereocenters. The number of aliphatic hydroxyl groups excluding tert-OH is 1. The Morgan fingerprint density at radius 2 is 1.95 bits per heavy atom. The quantitative estimate of drug-likeness (QED) is 0.710. The van der Waals surface area contributed by atoms with Gasteiger partial charge in [-0.25, -0.2) is 13.6 Å². The molecule has 0 aromatic heterocycles. The Hall–Kier alpha value is -1.31. The van der Waals surface area contributed by atoms with Crippen LogP contribution in [0, 0.1) is 0 Å². The SMILES string of the molecule is CN(c1ccc(N)cc1S(N)(=O)=O)C1CCCCC1O. The van der Waals surface area contributed by atoms with Crippen molar-refractivity contribution in [2.45, 2.75) is 42.7 Å². The maximum atomic E-state index is 11.7. The summed E-state index contributed by atoms with van der Waals surface area (Å²) in [7, 11) is -2.08.